The molecule has 1 aliphatic rings. The first-order valence-corrected chi connectivity index (χ1v) is 10.4. The standard InChI is InChI=1S/C25H20N4O6.2Na/c1-14-20(22(30)28(26-14)18-10-6-16(7-11-18)24(32)33)4-3-5-21-15(2)27-29(23(21)31)19-12-8-17(9-13-19)25(34)35;;/h3-13,26H,1-2H3,(H,32,33)(H,34,35);;/q;2*+1/p-2/b4-3+,21-5-;;. The molecule has 0 saturated carbocycles. The van der Waals surface area contributed by atoms with E-state index in [1.165, 1.54) is 58.2 Å². The van der Waals surface area contributed by atoms with E-state index < -0.39 is 17.8 Å². The number of carbonyl (C=O) groups is 3. The largest absolute Gasteiger partial charge is 1.00 e. The third-order valence-corrected chi connectivity index (χ3v) is 5.41. The topological polar surface area (TPSA) is 151 Å². The van der Waals surface area contributed by atoms with Gasteiger partial charge in [-0.25, -0.2) is 4.68 Å². The number of aromatic carboxylic acids is 2. The molecule has 0 spiro atoms. The van der Waals surface area contributed by atoms with Crippen molar-refractivity contribution in [3.63, 3.8) is 0 Å². The van der Waals surface area contributed by atoms with E-state index in [0.29, 0.717) is 33.9 Å². The Morgan fingerprint density at radius 1 is 0.865 bits per heavy atom. The number of carbonyl (C=O) groups excluding carboxylic acids is 3. The second-order valence-corrected chi connectivity index (χ2v) is 7.70. The van der Waals surface area contributed by atoms with Crippen molar-refractivity contribution in [2.24, 2.45) is 5.10 Å². The smallest absolute Gasteiger partial charge is 0.545 e. The van der Waals surface area contributed by atoms with Gasteiger partial charge in [0.15, 0.2) is 0 Å². The zero-order chi connectivity index (χ0) is 25.3. The number of hydrazone groups is 1. The van der Waals surface area contributed by atoms with E-state index in [0.717, 1.165) is 0 Å². The molecule has 3 aromatic rings. The second-order valence-electron chi connectivity index (χ2n) is 7.70. The number of amides is 1. The number of carboxylic acid groups (broad SMARTS) is 2. The van der Waals surface area contributed by atoms with Crippen LogP contribution in [0.25, 0.3) is 11.8 Å². The first-order valence-electron chi connectivity index (χ1n) is 10.4. The number of allylic oxidation sites excluding steroid dienone is 2. The Kier molecular flexibility index (Phi) is 10.2. The molecule has 10 nitrogen and oxygen atoms in total. The number of hydrogen-bond acceptors (Lipinski definition) is 7. The van der Waals surface area contributed by atoms with Gasteiger partial charge in [0.25, 0.3) is 11.5 Å². The van der Waals surface area contributed by atoms with Gasteiger partial charge in [0.1, 0.15) is 0 Å². The average Bonchev–Trinajstić information content (AvgIpc) is 3.28. The minimum atomic E-state index is -1.32. The number of anilines is 1. The van der Waals surface area contributed by atoms with Crippen molar-refractivity contribution in [1.82, 2.24) is 9.78 Å². The molecule has 0 unspecified atom stereocenters. The van der Waals surface area contributed by atoms with Gasteiger partial charge in [0.2, 0.25) is 0 Å². The Balaban J connectivity index is 0.00000241. The van der Waals surface area contributed by atoms with E-state index in [1.54, 1.807) is 32.1 Å². The van der Waals surface area contributed by atoms with Crippen molar-refractivity contribution in [3.05, 3.63) is 99.0 Å². The molecule has 0 fully saturated rings. The van der Waals surface area contributed by atoms with Gasteiger partial charge in [0, 0.05) is 5.69 Å². The number of benzene rings is 2. The normalized spacial score (nSPS) is 13.9. The average molecular weight is 516 g/mol. The minimum Gasteiger partial charge on any atom is -0.545 e. The van der Waals surface area contributed by atoms with Crippen LogP contribution < -0.4 is 79.9 Å². The number of H-pyrrole nitrogens is 1. The first-order chi connectivity index (χ1) is 16.7. The van der Waals surface area contributed by atoms with Crippen molar-refractivity contribution in [2.45, 2.75) is 13.8 Å². The number of rotatable bonds is 6. The number of aromatic nitrogens is 2. The van der Waals surface area contributed by atoms with Crippen LogP contribution in [-0.2, 0) is 4.79 Å². The summed E-state index contributed by atoms with van der Waals surface area (Å²) in [6.45, 7) is 3.38. The van der Waals surface area contributed by atoms with Crippen LogP contribution in [0, 0.1) is 6.92 Å². The summed E-state index contributed by atoms with van der Waals surface area (Å²) in [6.07, 6.45) is 4.67. The maximum Gasteiger partial charge on any atom is 1.00 e. The van der Waals surface area contributed by atoms with Gasteiger partial charge >= 0.3 is 59.1 Å². The fraction of sp³-hybridized carbons (Fsp3) is 0.0800. The molecule has 12 heteroatoms. The van der Waals surface area contributed by atoms with Gasteiger partial charge in [-0.05, 0) is 61.4 Å². The van der Waals surface area contributed by atoms with E-state index in [1.807, 2.05) is 0 Å². The number of aryl methyl sites for hydroxylation is 1. The molecular formula is C25H18N4Na2O6. The van der Waals surface area contributed by atoms with Gasteiger partial charge in [-0.3, -0.25) is 14.7 Å². The molecule has 0 bridgehead atoms. The summed E-state index contributed by atoms with van der Waals surface area (Å²) in [7, 11) is 0. The van der Waals surface area contributed by atoms with Crippen molar-refractivity contribution in [3.8, 4) is 5.69 Å². The molecule has 0 saturated heterocycles. The SMILES string of the molecule is CC1=NN(c2ccc(C(=O)[O-])cc2)C(=O)/C1=C\C=C\c1c(C)[nH]n(-c2ccc(C(=O)[O-])cc2)c1=O.[Na+].[Na+]. The monoisotopic (exact) mass is 516 g/mol. The molecule has 0 aliphatic carbocycles. The quantitative estimate of drug-likeness (QED) is 0.255. The molecule has 37 heavy (non-hydrogen) atoms. The number of aromatic amines is 1. The molecular weight excluding hydrogens is 498 g/mol. The molecule has 2 aromatic carbocycles. The summed E-state index contributed by atoms with van der Waals surface area (Å²) in [4.78, 5) is 47.5. The van der Waals surface area contributed by atoms with Crippen LogP contribution in [0.15, 0.2) is 76.2 Å². The summed E-state index contributed by atoms with van der Waals surface area (Å²) in [5.74, 6) is -3.02. The minimum absolute atomic E-state index is 0. The Morgan fingerprint density at radius 2 is 1.38 bits per heavy atom. The van der Waals surface area contributed by atoms with Crippen molar-refractivity contribution < 1.29 is 83.7 Å². The van der Waals surface area contributed by atoms with E-state index in [9.17, 15) is 29.4 Å². The summed E-state index contributed by atoms with van der Waals surface area (Å²) < 4.78 is 1.28. The Bertz CT molecular complexity index is 1500. The zero-order valence-electron chi connectivity index (χ0n) is 20.6. The summed E-state index contributed by atoms with van der Waals surface area (Å²) >= 11 is 0. The number of nitrogens with one attached hydrogen (secondary N) is 1. The molecule has 1 amide bonds. The predicted octanol–water partition coefficient (Wildman–Crippen LogP) is -5.43. The molecule has 2 heterocycles. The maximum absolute atomic E-state index is 12.9. The number of nitrogens with zero attached hydrogens (tertiary/aromatic N) is 3. The third-order valence-electron chi connectivity index (χ3n) is 5.41. The van der Waals surface area contributed by atoms with Gasteiger partial charge in [-0.1, -0.05) is 30.3 Å². The fourth-order valence-electron chi connectivity index (χ4n) is 3.55. The summed E-state index contributed by atoms with van der Waals surface area (Å²) in [6, 6.07) is 11.3. The van der Waals surface area contributed by atoms with Gasteiger partial charge in [0.05, 0.1) is 40.2 Å². The molecule has 1 aromatic heterocycles. The first kappa shape index (κ1) is 30.2. The second kappa shape index (κ2) is 12.5. The molecule has 0 atom stereocenters. The van der Waals surface area contributed by atoms with Crippen LogP contribution in [0.4, 0.5) is 5.69 Å². The van der Waals surface area contributed by atoms with E-state index in [4.69, 9.17) is 0 Å². The van der Waals surface area contributed by atoms with Gasteiger partial charge in [-0.2, -0.15) is 10.1 Å². The van der Waals surface area contributed by atoms with Crippen molar-refractivity contribution in [2.75, 3.05) is 5.01 Å². The van der Waals surface area contributed by atoms with Crippen LogP contribution in [-0.4, -0.2) is 33.3 Å². The van der Waals surface area contributed by atoms with Crippen LogP contribution >= 0.6 is 0 Å². The molecule has 4 rings (SSSR count). The van der Waals surface area contributed by atoms with Crippen molar-refractivity contribution >= 4 is 35.3 Å². The Morgan fingerprint density at radius 3 is 1.89 bits per heavy atom. The number of hydrogen-bond donors (Lipinski definition) is 1. The fourth-order valence-corrected chi connectivity index (χ4v) is 3.55. The summed E-state index contributed by atoms with van der Waals surface area (Å²) in [5, 5.41) is 30.2. The van der Waals surface area contributed by atoms with Gasteiger partial charge in [-0.15, -0.1) is 0 Å². The Labute approximate surface area is 255 Å². The maximum atomic E-state index is 12.9. The van der Waals surface area contributed by atoms with Crippen molar-refractivity contribution in [1.29, 1.82) is 0 Å². The third kappa shape index (κ3) is 6.30. The molecule has 176 valence electrons. The summed E-state index contributed by atoms with van der Waals surface area (Å²) in [5.41, 5.74) is 2.21. The van der Waals surface area contributed by atoms with E-state index in [2.05, 4.69) is 10.2 Å². The molecule has 0 radical (unpaired) electrons. The van der Waals surface area contributed by atoms with Crippen LogP contribution in [0.3, 0.4) is 0 Å². The molecule has 1 N–H and O–H groups in total. The Hall–Kier alpha value is -2.99. The predicted molar refractivity (Wildman–Crippen MR) is 124 cm³/mol. The van der Waals surface area contributed by atoms with Crippen LogP contribution in [0.5, 0.6) is 0 Å². The van der Waals surface area contributed by atoms with E-state index in [-0.39, 0.29) is 75.8 Å². The van der Waals surface area contributed by atoms with Crippen LogP contribution in [0.2, 0.25) is 0 Å². The number of carboxylic acids is 2. The van der Waals surface area contributed by atoms with Gasteiger partial charge < -0.3 is 19.8 Å². The molecule has 1 aliphatic heterocycles. The van der Waals surface area contributed by atoms with E-state index >= 15 is 0 Å². The zero-order valence-corrected chi connectivity index (χ0v) is 24.6. The van der Waals surface area contributed by atoms with Crippen LogP contribution in [0.1, 0.15) is 38.9 Å².